The van der Waals surface area contributed by atoms with Crippen LogP contribution in [0.25, 0.3) is 0 Å². The average molecular weight is 1070 g/mol. The van der Waals surface area contributed by atoms with E-state index < -0.39 is 49.5 Å². The molecule has 9 nitrogen and oxygen atoms in total. The maximum Gasteiger partial charge on any atom is 0.220 e. The predicted octanol–water partition coefficient (Wildman–Crippen LogP) is 17.5. The van der Waals surface area contributed by atoms with Crippen LogP contribution < -0.4 is 5.32 Å². The maximum atomic E-state index is 13.1. The molecule has 1 amide bonds. The van der Waals surface area contributed by atoms with Crippen molar-refractivity contribution in [3.8, 4) is 0 Å². The quantitative estimate of drug-likeness (QED) is 0.0261. The highest BCUT2D eigenvalue weighted by Gasteiger charge is 2.44. The number of aliphatic hydroxyl groups excluding tert-OH is 5. The zero-order valence-electron chi connectivity index (χ0n) is 50.0. The topological polar surface area (TPSA) is 149 Å². The van der Waals surface area contributed by atoms with Gasteiger partial charge in [-0.2, -0.15) is 0 Å². The molecule has 448 valence electrons. The first-order valence-corrected chi connectivity index (χ1v) is 33.2. The Bertz CT molecular complexity index is 1290. The number of allylic oxidation sites excluding steroid dienone is 5. The Morgan fingerprint density at radius 1 is 0.434 bits per heavy atom. The second-order valence-electron chi connectivity index (χ2n) is 23.3. The smallest absolute Gasteiger partial charge is 0.220 e. The highest BCUT2D eigenvalue weighted by molar-refractivity contribution is 5.76. The van der Waals surface area contributed by atoms with Crippen LogP contribution in [0, 0.1) is 0 Å². The maximum absolute atomic E-state index is 13.1. The van der Waals surface area contributed by atoms with Gasteiger partial charge < -0.3 is 40.3 Å². The number of carbonyl (C=O) groups is 1. The van der Waals surface area contributed by atoms with Gasteiger partial charge in [-0.05, 0) is 44.9 Å². The summed E-state index contributed by atoms with van der Waals surface area (Å²) in [7, 11) is 0. The molecule has 7 atom stereocenters. The van der Waals surface area contributed by atoms with E-state index >= 15 is 0 Å². The number of carbonyl (C=O) groups excluding carboxylic acids is 1. The highest BCUT2D eigenvalue weighted by Crippen LogP contribution is 2.23. The fraction of sp³-hybridized carbons (Fsp3) is 0.896. The lowest BCUT2D eigenvalue weighted by Crippen LogP contribution is -2.60. The third-order valence-corrected chi connectivity index (χ3v) is 15.9. The number of hydrogen-bond donors (Lipinski definition) is 6. The first kappa shape index (κ1) is 72.4. The Hall–Kier alpha value is -1.59. The number of amides is 1. The minimum absolute atomic E-state index is 0.184. The molecule has 0 radical (unpaired) electrons. The molecule has 9 heteroatoms. The summed E-state index contributed by atoms with van der Waals surface area (Å²) in [6.07, 6.45) is 68.2. The second-order valence-corrected chi connectivity index (χ2v) is 23.3. The van der Waals surface area contributed by atoms with Crippen LogP contribution >= 0.6 is 0 Å². The van der Waals surface area contributed by atoms with E-state index in [1.165, 1.54) is 263 Å². The summed E-state index contributed by atoms with van der Waals surface area (Å²) in [5.74, 6) is -0.184. The van der Waals surface area contributed by atoms with E-state index in [-0.39, 0.29) is 12.5 Å². The molecule has 0 aromatic heterocycles. The van der Waals surface area contributed by atoms with E-state index in [9.17, 15) is 30.3 Å². The predicted molar refractivity (Wildman–Crippen MR) is 323 cm³/mol. The molecule has 1 saturated heterocycles. The lowest BCUT2D eigenvalue weighted by molar-refractivity contribution is -0.302. The van der Waals surface area contributed by atoms with Gasteiger partial charge in [0.2, 0.25) is 5.91 Å². The van der Waals surface area contributed by atoms with Gasteiger partial charge in [0, 0.05) is 6.42 Å². The molecule has 0 saturated carbocycles. The highest BCUT2D eigenvalue weighted by atomic mass is 16.7. The normalized spacial score (nSPS) is 19.0. The van der Waals surface area contributed by atoms with Crippen molar-refractivity contribution in [3.63, 3.8) is 0 Å². The van der Waals surface area contributed by atoms with Crippen LogP contribution in [0.2, 0.25) is 0 Å². The summed E-state index contributed by atoms with van der Waals surface area (Å²) in [5, 5.41) is 54.7. The molecule has 6 N–H and O–H groups in total. The number of nitrogens with one attached hydrogen (secondary N) is 1. The largest absolute Gasteiger partial charge is 0.394 e. The van der Waals surface area contributed by atoms with Crippen molar-refractivity contribution in [1.82, 2.24) is 5.32 Å². The van der Waals surface area contributed by atoms with E-state index in [1.807, 2.05) is 6.08 Å². The Morgan fingerprint density at radius 2 is 0.750 bits per heavy atom. The second kappa shape index (κ2) is 56.7. The third-order valence-electron chi connectivity index (χ3n) is 15.9. The molecule has 7 unspecified atom stereocenters. The Morgan fingerprint density at radius 3 is 1.11 bits per heavy atom. The summed E-state index contributed by atoms with van der Waals surface area (Å²) in [5.41, 5.74) is 0. The lowest BCUT2D eigenvalue weighted by Gasteiger charge is -2.40. The van der Waals surface area contributed by atoms with Crippen LogP contribution in [0.15, 0.2) is 36.5 Å². The van der Waals surface area contributed by atoms with Gasteiger partial charge >= 0.3 is 0 Å². The average Bonchev–Trinajstić information content (AvgIpc) is 3.42. The van der Waals surface area contributed by atoms with Crippen molar-refractivity contribution in [1.29, 1.82) is 0 Å². The van der Waals surface area contributed by atoms with Gasteiger partial charge in [-0.3, -0.25) is 4.79 Å². The molecular weight excluding hydrogens is 947 g/mol. The minimum Gasteiger partial charge on any atom is -0.394 e. The number of aliphatic hydroxyl groups is 5. The molecule has 76 heavy (non-hydrogen) atoms. The van der Waals surface area contributed by atoms with Crippen molar-refractivity contribution in [2.24, 2.45) is 0 Å². The number of ether oxygens (including phenoxy) is 2. The minimum atomic E-state index is -1.57. The summed E-state index contributed by atoms with van der Waals surface area (Å²) in [4.78, 5) is 13.1. The van der Waals surface area contributed by atoms with Crippen molar-refractivity contribution in [2.75, 3.05) is 13.2 Å². The van der Waals surface area contributed by atoms with Crippen LogP contribution in [0.1, 0.15) is 328 Å². The molecule has 0 aromatic carbocycles. The fourth-order valence-electron chi connectivity index (χ4n) is 10.7. The van der Waals surface area contributed by atoms with Gasteiger partial charge in [-0.15, -0.1) is 0 Å². The van der Waals surface area contributed by atoms with Crippen LogP contribution in [-0.4, -0.2) is 87.5 Å². The molecule has 1 fully saturated rings. The summed E-state index contributed by atoms with van der Waals surface area (Å²) in [6, 6.07) is -0.827. The van der Waals surface area contributed by atoms with Crippen LogP contribution in [0.4, 0.5) is 0 Å². The number of unbranched alkanes of at least 4 members (excludes halogenated alkanes) is 44. The molecule has 0 aliphatic carbocycles. The van der Waals surface area contributed by atoms with Gasteiger partial charge in [-0.1, -0.05) is 314 Å². The molecule has 1 aliphatic heterocycles. The zero-order chi connectivity index (χ0) is 55.0. The van der Waals surface area contributed by atoms with E-state index in [0.717, 1.165) is 44.9 Å². The van der Waals surface area contributed by atoms with E-state index in [1.54, 1.807) is 6.08 Å². The first-order chi connectivity index (χ1) is 37.3. The SMILES string of the molecule is CCCCCCCCCCCCCCCCCC/C=C/CC/C=C/CC/C=C/C(O)C(COC1OC(CO)C(O)C(O)C1O)NC(=O)CCCCCCCCCCCCCCCCCCCCCCCCCCCCC. The number of hydrogen-bond acceptors (Lipinski definition) is 8. The van der Waals surface area contributed by atoms with Crippen molar-refractivity contribution < 1.29 is 39.8 Å². The molecule has 1 aliphatic rings. The molecule has 0 spiro atoms. The zero-order valence-corrected chi connectivity index (χ0v) is 50.0. The van der Waals surface area contributed by atoms with Crippen molar-refractivity contribution in [2.45, 2.75) is 371 Å². The van der Waals surface area contributed by atoms with Crippen molar-refractivity contribution in [3.05, 3.63) is 36.5 Å². The van der Waals surface area contributed by atoms with Gasteiger partial charge in [-0.25, -0.2) is 0 Å². The standard InChI is InChI=1S/C67H127NO8/c1-3-5-7-9-11-13-15-17-19-21-23-25-27-29-31-33-35-37-39-41-43-45-47-49-51-53-55-57-63(71)68-60(59-75-67-66(74)65(73)64(72)62(58-69)76-67)61(70)56-54-52-50-48-46-44-42-40-38-36-34-32-30-28-26-24-22-20-18-16-14-12-10-8-6-4-2/h38,40,46,48,54,56,60-62,64-67,69-70,72-74H,3-37,39,41-45,47,49-53,55,57-59H2,1-2H3,(H,68,71)/b40-38+,48-46+,56-54+. The van der Waals surface area contributed by atoms with Gasteiger partial charge in [0.25, 0.3) is 0 Å². The molecule has 1 rings (SSSR count). The molecule has 0 bridgehead atoms. The summed E-state index contributed by atoms with van der Waals surface area (Å²) in [6.45, 7) is 3.81. The fourth-order valence-corrected chi connectivity index (χ4v) is 10.7. The van der Waals surface area contributed by atoms with Gasteiger partial charge in [0.05, 0.1) is 25.4 Å². The van der Waals surface area contributed by atoms with E-state index in [4.69, 9.17) is 9.47 Å². The van der Waals surface area contributed by atoms with E-state index in [2.05, 4.69) is 43.5 Å². The molecule has 1 heterocycles. The lowest BCUT2D eigenvalue weighted by atomic mass is 9.99. The monoisotopic (exact) mass is 1070 g/mol. The Labute approximate surface area is 470 Å². The third kappa shape index (κ3) is 45.2. The van der Waals surface area contributed by atoms with E-state index in [0.29, 0.717) is 6.42 Å². The van der Waals surface area contributed by atoms with Gasteiger partial charge in [0.15, 0.2) is 6.29 Å². The van der Waals surface area contributed by atoms with Crippen molar-refractivity contribution >= 4 is 5.91 Å². The Balaban J connectivity index is 2.18. The van der Waals surface area contributed by atoms with Crippen LogP contribution in [0.5, 0.6) is 0 Å². The summed E-state index contributed by atoms with van der Waals surface area (Å²) >= 11 is 0. The van der Waals surface area contributed by atoms with Gasteiger partial charge in [0.1, 0.15) is 24.4 Å². The number of rotatable bonds is 58. The molecule has 0 aromatic rings. The van der Waals surface area contributed by atoms with Crippen LogP contribution in [0.3, 0.4) is 0 Å². The van der Waals surface area contributed by atoms with Crippen LogP contribution in [-0.2, 0) is 14.3 Å². The molecular formula is C67H127NO8. The Kier molecular flexibility index (Phi) is 54.0. The summed E-state index contributed by atoms with van der Waals surface area (Å²) < 4.78 is 11.3. The first-order valence-electron chi connectivity index (χ1n) is 33.2.